The van der Waals surface area contributed by atoms with Crippen LogP contribution in [0.2, 0.25) is 0 Å². The van der Waals surface area contributed by atoms with Crippen molar-refractivity contribution in [3.8, 4) is 0 Å². The van der Waals surface area contributed by atoms with Crippen molar-refractivity contribution in [2.45, 2.75) is 0 Å². The lowest BCUT2D eigenvalue weighted by Crippen LogP contribution is -2.10. The molecule has 3 nitrogen and oxygen atoms in total. The standard InChI is InChI=1S/C12H11NO2/c14-11(12-13-8-9-15-12)7-6-10-4-2-1-3-5-10/h1-7H,8-9H2/b7-6+. The van der Waals surface area contributed by atoms with Gasteiger partial charge < -0.3 is 4.74 Å². The Morgan fingerprint density at radius 1 is 1.33 bits per heavy atom. The summed E-state index contributed by atoms with van der Waals surface area (Å²) >= 11 is 0. The van der Waals surface area contributed by atoms with Crippen LogP contribution in [0.5, 0.6) is 0 Å². The van der Waals surface area contributed by atoms with Gasteiger partial charge in [-0.1, -0.05) is 36.4 Å². The Morgan fingerprint density at radius 2 is 2.13 bits per heavy atom. The minimum atomic E-state index is -0.170. The van der Waals surface area contributed by atoms with Crippen LogP contribution >= 0.6 is 0 Å². The molecule has 0 bridgehead atoms. The second-order valence-electron chi connectivity index (χ2n) is 3.14. The Bertz CT molecular complexity index is 407. The zero-order valence-electron chi connectivity index (χ0n) is 8.22. The number of nitrogens with zero attached hydrogens (tertiary/aromatic N) is 1. The van der Waals surface area contributed by atoms with E-state index in [1.165, 1.54) is 6.08 Å². The second kappa shape index (κ2) is 4.55. The van der Waals surface area contributed by atoms with Crippen LogP contribution in [0.4, 0.5) is 0 Å². The van der Waals surface area contributed by atoms with Gasteiger partial charge in [-0.05, 0) is 11.6 Å². The topological polar surface area (TPSA) is 38.7 Å². The first-order valence-corrected chi connectivity index (χ1v) is 4.81. The van der Waals surface area contributed by atoms with Crippen molar-refractivity contribution in [2.24, 2.45) is 4.99 Å². The van der Waals surface area contributed by atoms with Crippen molar-refractivity contribution < 1.29 is 9.53 Å². The zero-order valence-corrected chi connectivity index (χ0v) is 8.22. The van der Waals surface area contributed by atoms with Crippen molar-refractivity contribution in [2.75, 3.05) is 13.2 Å². The first-order chi connectivity index (χ1) is 7.36. The van der Waals surface area contributed by atoms with Crippen molar-refractivity contribution in [1.29, 1.82) is 0 Å². The summed E-state index contributed by atoms with van der Waals surface area (Å²) in [6.45, 7) is 1.10. The molecule has 1 aromatic carbocycles. The molecule has 0 atom stereocenters. The van der Waals surface area contributed by atoms with E-state index in [1.807, 2.05) is 30.3 Å². The molecule has 2 rings (SSSR count). The van der Waals surface area contributed by atoms with Crippen LogP contribution in [-0.4, -0.2) is 24.8 Å². The molecule has 0 aromatic heterocycles. The average Bonchev–Trinajstić information content (AvgIpc) is 2.81. The molecule has 0 unspecified atom stereocenters. The van der Waals surface area contributed by atoms with Gasteiger partial charge in [-0.25, -0.2) is 4.99 Å². The van der Waals surface area contributed by atoms with E-state index >= 15 is 0 Å². The number of ketones is 1. The van der Waals surface area contributed by atoms with Gasteiger partial charge in [0.25, 0.3) is 5.90 Å². The van der Waals surface area contributed by atoms with Crippen LogP contribution in [0.25, 0.3) is 6.08 Å². The molecular formula is C12H11NO2. The number of hydrogen-bond donors (Lipinski definition) is 0. The fourth-order valence-electron chi connectivity index (χ4n) is 1.29. The molecule has 0 aliphatic carbocycles. The normalized spacial score (nSPS) is 15.1. The summed E-state index contributed by atoms with van der Waals surface area (Å²) in [5.74, 6) is 0.0542. The summed E-state index contributed by atoms with van der Waals surface area (Å²) in [4.78, 5) is 15.4. The summed E-state index contributed by atoms with van der Waals surface area (Å²) in [5, 5.41) is 0. The van der Waals surface area contributed by atoms with Gasteiger partial charge in [0.2, 0.25) is 5.78 Å². The van der Waals surface area contributed by atoms with E-state index in [9.17, 15) is 4.79 Å². The maximum atomic E-state index is 11.5. The van der Waals surface area contributed by atoms with E-state index in [4.69, 9.17) is 4.74 Å². The summed E-state index contributed by atoms with van der Waals surface area (Å²) < 4.78 is 5.05. The van der Waals surface area contributed by atoms with Crippen LogP contribution in [-0.2, 0) is 9.53 Å². The van der Waals surface area contributed by atoms with Crippen molar-refractivity contribution in [3.05, 3.63) is 42.0 Å². The van der Waals surface area contributed by atoms with E-state index in [1.54, 1.807) is 6.08 Å². The first-order valence-electron chi connectivity index (χ1n) is 4.81. The Hall–Kier alpha value is -1.90. The predicted octanol–water partition coefficient (Wildman–Crippen LogP) is 1.70. The molecule has 0 fully saturated rings. The van der Waals surface area contributed by atoms with Gasteiger partial charge in [0, 0.05) is 0 Å². The Morgan fingerprint density at radius 3 is 2.80 bits per heavy atom. The first kappa shape index (κ1) is 9.65. The van der Waals surface area contributed by atoms with E-state index < -0.39 is 0 Å². The molecule has 0 spiro atoms. The molecule has 1 aliphatic heterocycles. The van der Waals surface area contributed by atoms with Gasteiger partial charge in [0.05, 0.1) is 6.54 Å². The molecular weight excluding hydrogens is 190 g/mol. The highest BCUT2D eigenvalue weighted by molar-refractivity contribution is 6.41. The highest BCUT2D eigenvalue weighted by Gasteiger charge is 2.13. The van der Waals surface area contributed by atoms with Crippen molar-refractivity contribution in [3.63, 3.8) is 0 Å². The number of benzene rings is 1. The van der Waals surface area contributed by atoms with Crippen LogP contribution in [0.1, 0.15) is 5.56 Å². The van der Waals surface area contributed by atoms with Gasteiger partial charge >= 0.3 is 0 Å². The molecule has 1 heterocycles. The van der Waals surface area contributed by atoms with E-state index in [0.717, 1.165) is 5.56 Å². The third kappa shape index (κ3) is 2.53. The monoisotopic (exact) mass is 201 g/mol. The molecule has 76 valence electrons. The SMILES string of the molecule is O=C(/C=C/c1ccccc1)C1=NCCO1. The molecule has 1 aliphatic rings. The van der Waals surface area contributed by atoms with Crippen molar-refractivity contribution in [1.82, 2.24) is 0 Å². The fraction of sp³-hybridized carbons (Fsp3) is 0.167. The van der Waals surface area contributed by atoms with Crippen LogP contribution < -0.4 is 0 Å². The average molecular weight is 201 g/mol. The minimum Gasteiger partial charge on any atom is -0.473 e. The second-order valence-corrected chi connectivity index (χ2v) is 3.14. The molecule has 0 amide bonds. The van der Waals surface area contributed by atoms with Gasteiger partial charge in [-0.2, -0.15) is 0 Å². The number of aliphatic imine (C=N–C) groups is 1. The minimum absolute atomic E-state index is 0.170. The van der Waals surface area contributed by atoms with Crippen molar-refractivity contribution >= 4 is 17.8 Å². The maximum absolute atomic E-state index is 11.5. The lowest BCUT2D eigenvalue weighted by Gasteiger charge is -1.95. The molecule has 0 N–H and O–H groups in total. The summed E-state index contributed by atoms with van der Waals surface area (Å²) in [7, 11) is 0. The largest absolute Gasteiger partial charge is 0.473 e. The summed E-state index contributed by atoms with van der Waals surface area (Å²) in [6, 6.07) is 9.65. The van der Waals surface area contributed by atoms with Gasteiger partial charge in [-0.3, -0.25) is 4.79 Å². The molecule has 0 radical (unpaired) electrons. The highest BCUT2D eigenvalue weighted by Crippen LogP contribution is 2.02. The number of hydrogen-bond acceptors (Lipinski definition) is 3. The smallest absolute Gasteiger partial charge is 0.258 e. The number of carbonyl (C=O) groups excluding carboxylic acids is 1. The third-order valence-electron chi connectivity index (χ3n) is 2.02. The lowest BCUT2D eigenvalue weighted by molar-refractivity contribution is -0.110. The van der Waals surface area contributed by atoms with Gasteiger partial charge in [0.15, 0.2) is 0 Å². The summed E-state index contributed by atoms with van der Waals surface area (Å²) in [6.07, 6.45) is 3.24. The Labute approximate surface area is 88.1 Å². The van der Waals surface area contributed by atoms with Crippen LogP contribution in [0.3, 0.4) is 0 Å². The van der Waals surface area contributed by atoms with E-state index in [-0.39, 0.29) is 11.7 Å². The number of rotatable bonds is 3. The third-order valence-corrected chi connectivity index (χ3v) is 2.02. The molecule has 0 saturated carbocycles. The Balaban J connectivity index is 2.03. The van der Waals surface area contributed by atoms with Gasteiger partial charge in [-0.15, -0.1) is 0 Å². The number of carbonyl (C=O) groups is 1. The van der Waals surface area contributed by atoms with Crippen LogP contribution in [0, 0.1) is 0 Å². The highest BCUT2D eigenvalue weighted by atomic mass is 16.5. The zero-order chi connectivity index (χ0) is 10.5. The summed E-state index contributed by atoms with van der Waals surface area (Å²) in [5.41, 5.74) is 0.990. The molecule has 15 heavy (non-hydrogen) atoms. The molecule has 1 aromatic rings. The van der Waals surface area contributed by atoms with Crippen LogP contribution in [0.15, 0.2) is 41.4 Å². The van der Waals surface area contributed by atoms with E-state index in [2.05, 4.69) is 4.99 Å². The molecule has 3 heteroatoms. The molecule has 0 saturated heterocycles. The quantitative estimate of drug-likeness (QED) is 0.698. The fourth-order valence-corrected chi connectivity index (χ4v) is 1.29. The van der Waals surface area contributed by atoms with E-state index in [0.29, 0.717) is 13.2 Å². The van der Waals surface area contributed by atoms with Gasteiger partial charge in [0.1, 0.15) is 6.61 Å². The lowest BCUT2D eigenvalue weighted by atomic mass is 10.2. The number of ether oxygens (including phenoxy) is 1. The predicted molar refractivity (Wildman–Crippen MR) is 58.7 cm³/mol. The maximum Gasteiger partial charge on any atom is 0.258 e. The Kier molecular flexibility index (Phi) is 2.93.